The number of aliphatic hydroxyl groups is 1. The van der Waals surface area contributed by atoms with Crippen LogP contribution in [0.1, 0.15) is 45.1 Å². The van der Waals surface area contributed by atoms with Crippen LogP contribution in [0.5, 0.6) is 5.75 Å². The Labute approximate surface area is 139 Å². The molecule has 1 fully saturated rings. The summed E-state index contributed by atoms with van der Waals surface area (Å²) in [7, 11) is 0. The molecule has 0 radical (unpaired) electrons. The number of carbonyl (C=O) groups is 1. The van der Waals surface area contributed by atoms with Crippen molar-refractivity contribution in [3.05, 3.63) is 29.8 Å². The van der Waals surface area contributed by atoms with Gasteiger partial charge in [-0.25, -0.2) is 0 Å². The van der Waals surface area contributed by atoms with Crippen molar-refractivity contribution < 1.29 is 14.6 Å². The van der Waals surface area contributed by atoms with E-state index in [4.69, 9.17) is 4.74 Å². The number of nitrogens with zero attached hydrogens (tertiary/aromatic N) is 1. The number of hydrogen-bond acceptors (Lipinski definition) is 3. The van der Waals surface area contributed by atoms with Gasteiger partial charge < -0.3 is 14.7 Å². The zero-order valence-electron chi connectivity index (χ0n) is 14.3. The van der Waals surface area contributed by atoms with Gasteiger partial charge in [-0.2, -0.15) is 0 Å². The van der Waals surface area contributed by atoms with Crippen molar-refractivity contribution in [1.29, 1.82) is 0 Å². The summed E-state index contributed by atoms with van der Waals surface area (Å²) in [5.74, 6) is 1.46. The average Bonchev–Trinajstić information content (AvgIpc) is 2.60. The van der Waals surface area contributed by atoms with Gasteiger partial charge >= 0.3 is 0 Å². The number of ether oxygens (including phenoxy) is 1. The Morgan fingerprint density at radius 2 is 1.91 bits per heavy atom. The number of rotatable bonds is 7. The largest absolute Gasteiger partial charge is 0.494 e. The van der Waals surface area contributed by atoms with Gasteiger partial charge in [0.2, 0.25) is 5.91 Å². The Bertz CT molecular complexity index is 478. The first-order chi connectivity index (χ1) is 11.1. The Hall–Kier alpha value is -1.55. The van der Waals surface area contributed by atoms with Crippen molar-refractivity contribution in [2.45, 2.75) is 52.1 Å². The third-order valence-corrected chi connectivity index (χ3v) is 4.72. The fourth-order valence-electron chi connectivity index (χ4n) is 3.20. The van der Waals surface area contributed by atoms with E-state index in [9.17, 15) is 9.90 Å². The first-order valence-corrected chi connectivity index (χ1v) is 8.81. The van der Waals surface area contributed by atoms with E-state index >= 15 is 0 Å². The monoisotopic (exact) mass is 319 g/mol. The molecule has 4 nitrogen and oxygen atoms in total. The lowest BCUT2D eigenvalue weighted by molar-refractivity contribution is -0.133. The number of aryl methyl sites for hydroxylation is 1. The van der Waals surface area contributed by atoms with E-state index in [1.54, 1.807) is 0 Å². The van der Waals surface area contributed by atoms with Crippen molar-refractivity contribution in [2.75, 3.05) is 19.7 Å². The van der Waals surface area contributed by atoms with Crippen LogP contribution in [0.2, 0.25) is 0 Å². The van der Waals surface area contributed by atoms with Gasteiger partial charge in [-0.1, -0.05) is 19.1 Å². The minimum atomic E-state index is -0.212. The van der Waals surface area contributed by atoms with Crippen LogP contribution in [-0.4, -0.2) is 41.7 Å². The second-order valence-electron chi connectivity index (χ2n) is 6.27. The topological polar surface area (TPSA) is 49.8 Å². The van der Waals surface area contributed by atoms with E-state index in [1.165, 1.54) is 0 Å². The van der Waals surface area contributed by atoms with Gasteiger partial charge in [-0.3, -0.25) is 4.79 Å². The molecule has 0 saturated carbocycles. The molecule has 1 aromatic carbocycles. The second-order valence-corrected chi connectivity index (χ2v) is 6.27. The summed E-state index contributed by atoms with van der Waals surface area (Å²) >= 11 is 0. The molecule has 0 aromatic heterocycles. The highest BCUT2D eigenvalue weighted by atomic mass is 16.5. The summed E-state index contributed by atoms with van der Waals surface area (Å²) in [4.78, 5) is 14.3. The first kappa shape index (κ1) is 17.8. The van der Waals surface area contributed by atoms with Gasteiger partial charge in [0, 0.05) is 19.5 Å². The van der Waals surface area contributed by atoms with E-state index < -0.39 is 0 Å². The van der Waals surface area contributed by atoms with E-state index in [0.717, 1.165) is 50.1 Å². The van der Waals surface area contributed by atoms with Crippen LogP contribution < -0.4 is 4.74 Å². The molecule has 1 unspecified atom stereocenters. The Morgan fingerprint density at radius 3 is 2.48 bits per heavy atom. The van der Waals surface area contributed by atoms with Gasteiger partial charge in [0.1, 0.15) is 5.75 Å². The van der Waals surface area contributed by atoms with E-state index in [2.05, 4.69) is 0 Å². The van der Waals surface area contributed by atoms with Crippen molar-refractivity contribution >= 4 is 5.91 Å². The molecule has 1 aromatic rings. The number of piperidine rings is 1. The fourth-order valence-corrected chi connectivity index (χ4v) is 3.20. The minimum Gasteiger partial charge on any atom is -0.494 e. The zero-order chi connectivity index (χ0) is 16.7. The molecule has 1 N–H and O–H groups in total. The smallest absolute Gasteiger partial charge is 0.222 e. The van der Waals surface area contributed by atoms with Gasteiger partial charge in [0.15, 0.2) is 0 Å². The number of likely N-dealkylation sites (tertiary alicyclic amines) is 1. The molecule has 1 aliphatic rings. The Balaban J connectivity index is 1.75. The fraction of sp³-hybridized carbons (Fsp3) is 0.632. The van der Waals surface area contributed by atoms with Crippen molar-refractivity contribution in [3.63, 3.8) is 0 Å². The highest BCUT2D eigenvalue weighted by Crippen LogP contribution is 2.23. The molecule has 23 heavy (non-hydrogen) atoms. The molecule has 1 atom stereocenters. The summed E-state index contributed by atoms with van der Waals surface area (Å²) in [5, 5.41) is 9.91. The Morgan fingerprint density at radius 1 is 1.26 bits per heavy atom. The molecule has 1 heterocycles. The van der Waals surface area contributed by atoms with Gasteiger partial charge in [0.05, 0.1) is 12.7 Å². The summed E-state index contributed by atoms with van der Waals surface area (Å²) in [6.07, 6.45) is 3.75. The molecule has 0 aliphatic carbocycles. The highest BCUT2D eigenvalue weighted by Gasteiger charge is 2.26. The summed E-state index contributed by atoms with van der Waals surface area (Å²) in [6.45, 7) is 6.21. The van der Waals surface area contributed by atoms with Crippen molar-refractivity contribution in [2.24, 2.45) is 5.92 Å². The molecule has 128 valence electrons. The molecule has 1 saturated heterocycles. The first-order valence-electron chi connectivity index (χ1n) is 8.81. The van der Waals surface area contributed by atoms with Crippen molar-refractivity contribution in [1.82, 2.24) is 4.90 Å². The standard InChI is InChI=1S/C19H29NO3/c1-3-18(21)16-11-13-20(14-12-16)19(22)10-7-15-5-8-17(9-6-15)23-4-2/h5-6,8-9,16,18,21H,3-4,7,10-14H2,1-2H3. The maximum absolute atomic E-state index is 12.3. The van der Waals surface area contributed by atoms with Crippen LogP contribution in [0.15, 0.2) is 24.3 Å². The molecule has 1 amide bonds. The number of benzene rings is 1. The predicted octanol–water partition coefficient (Wildman–Crippen LogP) is 3.03. The quantitative estimate of drug-likeness (QED) is 0.840. The normalized spacial score (nSPS) is 17.1. The lowest BCUT2D eigenvalue weighted by Crippen LogP contribution is -2.41. The SMILES string of the molecule is CCOc1ccc(CCC(=O)N2CCC(C(O)CC)CC2)cc1. The summed E-state index contributed by atoms with van der Waals surface area (Å²) < 4.78 is 5.42. The van der Waals surface area contributed by atoms with E-state index in [1.807, 2.05) is 43.0 Å². The molecule has 1 aliphatic heterocycles. The molecule has 0 spiro atoms. The average molecular weight is 319 g/mol. The van der Waals surface area contributed by atoms with E-state index in [-0.39, 0.29) is 12.0 Å². The second kappa shape index (κ2) is 8.92. The number of aliphatic hydroxyl groups excluding tert-OH is 1. The highest BCUT2D eigenvalue weighted by molar-refractivity contribution is 5.76. The van der Waals surface area contributed by atoms with Crippen LogP contribution in [0, 0.1) is 5.92 Å². The number of carbonyl (C=O) groups excluding carboxylic acids is 1. The molecule has 2 rings (SSSR count). The third kappa shape index (κ3) is 5.24. The Kier molecular flexibility index (Phi) is 6.90. The van der Waals surface area contributed by atoms with Crippen LogP contribution in [-0.2, 0) is 11.2 Å². The third-order valence-electron chi connectivity index (χ3n) is 4.72. The van der Waals surface area contributed by atoms with Gasteiger partial charge in [-0.05, 0) is 56.2 Å². The summed E-state index contributed by atoms with van der Waals surface area (Å²) in [6, 6.07) is 7.98. The van der Waals surface area contributed by atoms with Crippen LogP contribution in [0.25, 0.3) is 0 Å². The molecular formula is C19H29NO3. The summed E-state index contributed by atoms with van der Waals surface area (Å²) in [5.41, 5.74) is 1.16. The maximum atomic E-state index is 12.3. The van der Waals surface area contributed by atoms with E-state index in [0.29, 0.717) is 18.9 Å². The van der Waals surface area contributed by atoms with Gasteiger partial charge in [-0.15, -0.1) is 0 Å². The van der Waals surface area contributed by atoms with Crippen molar-refractivity contribution in [3.8, 4) is 5.75 Å². The lowest BCUT2D eigenvalue weighted by Gasteiger charge is -2.34. The maximum Gasteiger partial charge on any atom is 0.222 e. The molecule has 0 bridgehead atoms. The van der Waals surface area contributed by atoms with Crippen LogP contribution >= 0.6 is 0 Å². The lowest BCUT2D eigenvalue weighted by atomic mass is 9.90. The molecular weight excluding hydrogens is 290 g/mol. The molecule has 4 heteroatoms. The van der Waals surface area contributed by atoms with Crippen LogP contribution in [0.3, 0.4) is 0 Å². The minimum absolute atomic E-state index is 0.212. The predicted molar refractivity (Wildman–Crippen MR) is 91.5 cm³/mol. The zero-order valence-corrected chi connectivity index (χ0v) is 14.3. The number of amides is 1. The van der Waals surface area contributed by atoms with Crippen LogP contribution in [0.4, 0.5) is 0 Å². The van der Waals surface area contributed by atoms with Gasteiger partial charge in [0.25, 0.3) is 0 Å². The number of hydrogen-bond donors (Lipinski definition) is 1.